The number of nitrogens with zero attached hydrogens (tertiary/aromatic N) is 1. The number of hydrogen-bond donors (Lipinski definition) is 1. The number of hydrogen-bond acceptors (Lipinski definition) is 3. The Morgan fingerprint density at radius 3 is 2.24 bits per heavy atom. The van der Waals surface area contributed by atoms with Gasteiger partial charge in [0, 0.05) is 26.8 Å². The van der Waals surface area contributed by atoms with Gasteiger partial charge in [-0.15, -0.1) is 0 Å². The van der Waals surface area contributed by atoms with Crippen LogP contribution in [0.4, 0.5) is 5.69 Å². The van der Waals surface area contributed by atoms with Crippen LogP contribution in [0.1, 0.15) is 17.5 Å². The molecule has 2 aromatic rings. The van der Waals surface area contributed by atoms with Gasteiger partial charge in [-0.25, -0.2) is 0 Å². The van der Waals surface area contributed by atoms with Gasteiger partial charge in [0.1, 0.15) is 6.04 Å². The van der Waals surface area contributed by atoms with E-state index < -0.39 is 11.9 Å². The van der Waals surface area contributed by atoms with E-state index in [2.05, 4.69) is 37.2 Å². The highest BCUT2D eigenvalue weighted by Gasteiger charge is 2.67. The Kier molecular flexibility index (Phi) is 6.17. The molecule has 0 unspecified atom stereocenters. The zero-order valence-electron chi connectivity index (χ0n) is 17.9. The lowest BCUT2D eigenvalue weighted by molar-refractivity contribution is -0.147. The second-order valence-corrected chi connectivity index (χ2v) is 11.7. The van der Waals surface area contributed by atoms with Crippen molar-refractivity contribution in [2.75, 3.05) is 5.32 Å². The average Bonchev–Trinajstić information content (AvgIpc) is 3.40. The van der Waals surface area contributed by atoms with E-state index >= 15 is 0 Å². The smallest absolute Gasteiger partial charge is 0.248 e. The van der Waals surface area contributed by atoms with E-state index in [-0.39, 0.29) is 51.6 Å². The van der Waals surface area contributed by atoms with Crippen molar-refractivity contribution in [2.45, 2.75) is 35.5 Å². The van der Waals surface area contributed by atoms with E-state index in [1.807, 2.05) is 43.3 Å². The number of benzene rings is 2. The molecule has 7 atom stereocenters. The van der Waals surface area contributed by atoms with Gasteiger partial charge >= 0.3 is 0 Å². The summed E-state index contributed by atoms with van der Waals surface area (Å²) in [6, 6.07) is 13.8. The standard InChI is InChI=1S/C25H23Br2ClN2O3/c1-12-7-8-14(10-17(12)28)29-23(31)18(9-13-5-3-2-4-6-13)30-24(32)19-15-11-16(20(19)25(30)33)22(27)21(15)26/h2-8,10,15-16,18-22H,9,11H2,1H3,(H,29,31)/t15-,16-,18+,19-,20-,21-,22+/m1/s1. The van der Waals surface area contributed by atoms with Crippen LogP contribution in [0, 0.1) is 30.6 Å². The molecule has 8 heteroatoms. The highest BCUT2D eigenvalue weighted by atomic mass is 79.9. The fraction of sp³-hybridized carbons (Fsp3) is 0.400. The summed E-state index contributed by atoms with van der Waals surface area (Å²) in [5.74, 6) is -1.36. The van der Waals surface area contributed by atoms with Gasteiger partial charge < -0.3 is 5.32 Å². The Hall–Kier alpha value is -1.70. The first kappa shape index (κ1) is 23.1. The molecule has 5 nitrogen and oxygen atoms in total. The van der Waals surface area contributed by atoms with E-state index in [4.69, 9.17) is 11.6 Å². The third kappa shape index (κ3) is 3.86. The summed E-state index contributed by atoms with van der Waals surface area (Å²) in [6.45, 7) is 1.88. The van der Waals surface area contributed by atoms with Crippen LogP contribution >= 0.6 is 43.5 Å². The van der Waals surface area contributed by atoms with Crippen LogP contribution in [-0.4, -0.2) is 38.3 Å². The maximum absolute atomic E-state index is 13.6. The summed E-state index contributed by atoms with van der Waals surface area (Å²) >= 11 is 13.7. The fourth-order valence-electron chi connectivity index (χ4n) is 5.71. The average molecular weight is 595 g/mol. The molecule has 3 fully saturated rings. The van der Waals surface area contributed by atoms with Crippen molar-refractivity contribution in [3.63, 3.8) is 0 Å². The van der Waals surface area contributed by atoms with Crippen LogP contribution in [0.5, 0.6) is 0 Å². The number of carbonyl (C=O) groups is 3. The van der Waals surface area contributed by atoms with Gasteiger partial charge in [-0.05, 0) is 48.4 Å². The number of halogens is 3. The third-order valence-corrected chi connectivity index (χ3v) is 11.0. The van der Waals surface area contributed by atoms with Crippen LogP contribution in [0.25, 0.3) is 0 Å². The number of rotatable bonds is 5. The molecule has 3 amide bonds. The van der Waals surface area contributed by atoms with Crippen molar-refractivity contribution in [3.8, 4) is 0 Å². The van der Waals surface area contributed by atoms with Crippen molar-refractivity contribution < 1.29 is 14.4 Å². The third-order valence-electron chi connectivity index (χ3n) is 7.35. The molecule has 172 valence electrons. The number of aryl methyl sites for hydroxylation is 1. The predicted molar refractivity (Wildman–Crippen MR) is 135 cm³/mol. The second-order valence-electron chi connectivity index (χ2n) is 9.21. The monoisotopic (exact) mass is 592 g/mol. The largest absolute Gasteiger partial charge is 0.324 e. The fourth-order valence-corrected chi connectivity index (χ4v) is 7.77. The SMILES string of the molecule is Cc1ccc(NC(=O)[C@H](Cc2ccccc2)N2C(=O)[C@@H]3[C@H]4C[C@@H]([C@@H](Br)[C@H]4Br)[C@H]3C2=O)cc1Cl. The molecular formula is C25H23Br2ClN2O3. The molecule has 2 aromatic carbocycles. The first-order valence-electron chi connectivity index (χ1n) is 11.0. The molecule has 1 saturated heterocycles. The molecule has 3 aliphatic rings. The molecular weight excluding hydrogens is 572 g/mol. The summed E-state index contributed by atoms with van der Waals surface area (Å²) in [5, 5.41) is 3.42. The second kappa shape index (κ2) is 8.82. The van der Waals surface area contributed by atoms with Gasteiger partial charge in [0.05, 0.1) is 11.8 Å². The van der Waals surface area contributed by atoms with Crippen molar-refractivity contribution in [3.05, 3.63) is 64.7 Å². The van der Waals surface area contributed by atoms with Gasteiger partial charge in [0.15, 0.2) is 0 Å². The Morgan fingerprint density at radius 1 is 1.06 bits per heavy atom. The number of amides is 3. The first-order valence-corrected chi connectivity index (χ1v) is 13.2. The van der Waals surface area contributed by atoms with Crippen molar-refractivity contribution >= 4 is 66.9 Å². The van der Waals surface area contributed by atoms with Crippen LogP contribution < -0.4 is 5.32 Å². The van der Waals surface area contributed by atoms with Crippen molar-refractivity contribution in [2.24, 2.45) is 23.7 Å². The zero-order valence-corrected chi connectivity index (χ0v) is 21.8. The van der Waals surface area contributed by atoms with Crippen LogP contribution in [0.2, 0.25) is 5.02 Å². The lowest BCUT2D eigenvalue weighted by atomic mass is 9.81. The van der Waals surface area contributed by atoms with E-state index in [0.717, 1.165) is 17.5 Å². The molecule has 1 N–H and O–H groups in total. The minimum absolute atomic E-state index is 0.0992. The minimum Gasteiger partial charge on any atom is -0.324 e. The maximum atomic E-state index is 13.6. The highest BCUT2D eigenvalue weighted by molar-refractivity contribution is 9.12. The molecule has 2 aliphatic carbocycles. The first-order chi connectivity index (χ1) is 15.8. The van der Waals surface area contributed by atoms with Gasteiger partial charge in [-0.1, -0.05) is 79.9 Å². The normalized spacial score (nSPS) is 31.1. The summed E-state index contributed by atoms with van der Waals surface area (Å²) in [7, 11) is 0. The molecule has 0 radical (unpaired) electrons. The van der Waals surface area contributed by atoms with Gasteiger partial charge in [0.2, 0.25) is 17.7 Å². The molecule has 5 rings (SSSR count). The zero-order chi connectivity index (χ0) is 23.4. The van der Waals surface area contributed by atoms with Crippen molar-refractivity contribution in [1.29, 1.82) is 0 Å². The number of anilines is 1. The van der Waals surface area contributed by atoms with Crippen LogP contribution in [0.15, 0.2) is 48.5 Å². The van der Waals surface area contributed by atoms with Crippen LogP contribution in [-0.2, 0) is 20.8 Å². The molecule has 0 spiro atoms. The van der Waals surface area contributed by atoms with Gasteiger partial charge in [-0.2, -0.15) is 0 Å². The number of nitrogens with one attached hydrogen (secondary N) is 1. The Bertz CT molecular complexity index is 1100. The Labute approximate surface area is 214 Å². The van der Waals surface area contributed by atoms with Gasteiger partial charge in [-0.3, -0.25) is 19.3 Å². The minimum atomic E-state index is -0.931. The number of imide groups is 1. The molecule has 2 saturated carbocycles. The van der Waals surface area contributed by atoms with Crippen molar-refractivity contribution in [1.82, 2.24) is 4.90 Å². The Morgan fingerprint density at radius 2 is 1.67 bits per heavy atom. The van der Waals surface area contributed by atoms with Gasteiger partial charge in [0.25, 0.3) is 0 Å². The molecule has 2 bridgehead atoms. The topological polar surface area (TPSA) is 66.5 Å². The lowest BCUT2D eigenvalue weighted by Gasteiger charge is -2.28. The van der Waals surface area contributed by atoms with E-state index in [1.54, 1.807) is 12.1 Å². The maximum Gasteiger partial charge on any atom is 0.248 e. The lowest BCUT2D eigenvalue weighted by Crippen LogP contribution is -2.49. The van der Waals surface area contributed by atoms with Crippen LogP contribution in [0.3, 0.4) is 0 Å². The molecule has 1 aliphatic heterocycles. The molecule has 1 heterocycles. The summed E-state index contributed by atoms with van der Waals surface area (Å²) in [4.78, 5) is 42.2. The molecule has 33 heavy (non-hydrogen) atoms. The summed E-state index contributed by atoms with van der Waals surface area (Å²) in [5.41, 5.74) is 2.32. The summed E-state index contributed by atoms with van der Waals surface area (Å²) < 4.78 is 0. The number of fused-ring (bicyclic) bond motifs is 5. The van der Waals surface area contributed by atoms with E-state index in [9.17, 15) is 14.4 Å². The number of carbonyl (C=O) groups excluding carboxylic acids is 3. The number of likely N-dealkylation sites (tertiary alicyclic amines) is 1. The summed E-state index contributed by atoms with van der Waals surface area (Å²) in [6.07, 6.45) is 1.11. The number of alkyl halides is 2. The van der Waals surface area contributed by atoms with E-state index in [1.165, 1.54) is 4.90 Å². The predicted octanol–water partition coefficient (Wildman–Crippen LogP) is 4.98. The highest BCUT2D eigenvalue weighted by Crippen LogP contribution is 2.60. The Balaban J connectivity index is 1.47. The van der Waals surface area contributed by atoms with E-state index in [0.29, 0.717) is 10.7 Å². The quantitative estimate of drug-likeness (QED) is 0.393. The molecule has 0 aromatic heterocycles.